The number of rotatable bonds is 5. The first-order chi connectivity index (χ1) is 17.6. The molecule has 37 heavy (non-hydrogen) atoms. The number of hydrogen-bond acceptors (Lipinski definition) is 8. The van der Waals surface area contributed by atoms with Crippen molar-refractivity contribution in [3.63, 3.8) is 0 Å². The molecule has 0 atom stereocenters. The van der Waals surface area contributed by atoms with Crippen LogP contribution in [0.3, 0.4) is 0 Å². The summed E-state index contributed by atoms with van der Waals surface area (Å²) in [4.78, 5) is 29.8. The summed E-state index contributed by atoms with van der Waals surface area (Å²) in [5.74, 6) is 0.168. The Hall–Kier alpha value is -4.24. The molecular weight excluding hydrogens is 466 g/mol. The largest absolute Gasteiger partial charge is 0.390 e. The van der Waals surface area contributed by atoms with E-state index in [1.165, 1.54) is 4.57 Å². The Kier molecular flexibility index (Phi) is 7.26. The van der Waals surface area contributed by atoms with Crippen LogP contribution < -0.4 is 10.5 Å². The molecule has 0 saturated heterocycles. The molecule has 1 saturated carbocycles. The molecule has 1 aliphatic rings. The second kappa shape index (κ2) is 10.4. The van der Waals surface area contributed by atoms with E-state index < -0.39 is 5.60 Å². The molecule has 0 radical (unpaired) electrons. The van der Waals surface area contributed by atoms with Gasteiger partial charge in [-0.05, 0) is 70.7 Å². The van der Waals surface area contributed by atoms with Crippen molar-refractivity contribution in [3.8, 4) is 12.1 Å². The van der Waals surface area contributed by atoms with E-state index in [2.05, 4.69) is 27.3 Å². The summed E-state index contributed by atoms with van der Waals surface area (Å²) in [6.07, 6.45) is 5.09. The SMILES string of the molecule is CN(c1c(C#N)c(=O)n(C)c2ccc(C#N)nc12)C1CCC(/C(=N\OC(C)(C)C)c2ccccn2)CC1. The predicted molar refractivity (Wildman–Crippen MR) is 142 cm³/mol. The summed E-state index contributed by atoms with van der Waals surface area (Å²) in [6, 6.07) is 13.3. The van der Waals surface area contributed by atoms with E-state index in [-0.39, 0.29) is 28.8 Å². The molecule has 0 N–H and O–H groups in total. The van der Waals surface area contributed by atoms with Crippen LogP contribution in [-0.2, 0) is 11.9 Å². The van der Waals surface area contributed by atoms with Crippen molar-refractivity contribution in [2.24, 2.45) is 18.1 Å². The molecule has 3 aromatic heterocycles. The van der Waals surface area contributed by atoms with Gasteiger partial charge >= 0.3 is 0 Å². The predicted octanol–water partition coefficient (Wildman–Crippen LogP) is 4.29. The van der Waals surface area contributed by atoms with Crippen LogP contribution in [0.4, 0.5) is 5.69 Å². The van der Waals surface area contributed by atoms with Crippen molar-refractivity contribution in [1.29, 1.82) is 10.5 Å². The number of hydrogen-bond donors (Lipinski definition) is 0. The van der Waals surface area contributed by atoms with Crippen LogP contribution in [0.15, 0.2) is 46.5 Å². The molecule has 1 fully saturated rings. The minimum atomic E-state index is -0.416. The van der Waals surface area contributed by atoms with E-state index in [9.17, 15) is 15.3 Å². The summed E-state index contributed by atoms with van der Waals surface area (Å²) in [6.45, 7) is 5.89. The minimum absolute atomic E-state index is 0.0385. The summed E-state index contributed by atoms with van der Waals surface area (Å²) < 4.78 is 1.42. The van der Waals surface area contributed by atoms with E-state index in [1.807, 2.05) is 50.9 Å². The molecule has 3 heterocycles. The van der Waals surface area contributed by atoms with Gasteiger partial charge < -0.3 is 14.3 Å². The Morgan fingerprint density at radius 2 is 1.86 bits per heavy atom. The van der Waals surface area contributed by atoms with Gasteiger partial charge in [0.05, 0.1) is 16.9 Å². The fourth-order valence-electron chi connectivity index (χ4n) is 4.85. The molecular formula is C28H31N7O2. The Bertz CT molecular complexity index is 1470. The van der Waals surface area contributed by atoms with Crippen molar-refractivity contribution in [1.82, 2.24) is 14.5 Å². The average Bonchev–Trinajstić information content (AvgIpc) is 2.90. The van der Waals surface area contributed by atoms with Crippen molar-refractivity contribution < 1.29 is 4.84 Å². The molecule has 9 nitrogen and oxygen atoms in total. The van der Waals surface area contributed by atoms with Gasteiger partial charge in [0.15, 0.2) is 0 Å². The van der Waals surface area contributed by atoms with Gasteiger partial charge in [0.1, 0.15) is 40.2 Å². The number of aryl methyl sites for hydroxylation is 1. The first-order valence-electron chi connectivity index (χ1n) is 12.4. The molecule has 4 rings (SSSR count). The van der Waals surface area contributed by atoms with E-state index in [1.54, 1.807) is 25.4 Å². The summed E-state index contributed by atoms with van der Waals surface area (Å²) in [5.41, 5.74) is 2.69. The smallest absolute Gasteiger partial charge is 0.270 e. The number of oxime groups is 1. The second-order valence-corrected chi connectivity index (χ2v) is 10.4. The van der Waals surface area contributed by atoms with Gasteiger partial charge in [-0.25, -0.2) is 4.98 Å². The van der Waals surface area contributed by atoms with E-state index >= 15 is 0 Å². The Balaban J connectivity index is 1.66. The highest BCUT2D eigenvalue weighted by Crippen LogP contribution is 2.35. The standard InChI is InChI=1S/C28H31N7O2/c1-28(2,3)37-33-24(22-8-6-7-15-31-22)18-9-12-20(13-10-18)34(4)26-21(17-30)27(36)35(5)23-14-11-19(16-29)32-25(23)26/h6-8,11,14-15,18,20H,9-10,12-13H2,1-5H3/b33-24+. The van der Waals surface area contributed by atoms with Crippen molar-refractivity contribution in [2.75, 3.05) is 11.9 Å². The molecule has 0 bridgehead atoms. The summed E-state index contributed by atoms with van der Waals surface area (Å²) >= 11 is 0. The zero-order valence-electron chi connectivity index (χ0n) is 21.9. The normalized spacial score (nSPS) is 18.2. The van der Waals surface area contributed by atoms with Gasteiger partial charge in [0.2, 0.25) is 0 Å². The molecule has 0 unspecified atom stereocenters. The zero-order chi connectivity index (χ0) is 26.7. The maximum absolute atomic E-state index is 13.0. The van der Waals surface area contributed by atoms with Crippen molar-refractivity contribution in [3.05, 3.63) is 63.8 Å². The maximum atomic E-state index is 13.0. The first kappa shape index (κ1) is 25.8. The van der Waals surface area contributed by atoms with Crippen LogP contribution in [0.5, 0.6) is 0 Å². The highest BCUT2D eigenvalue weighted by Gasteiger charge is 2.31. The van der Waals surface area contributed by atoms with Crippen LogP contribution in [-0.4, -0.2) is 38.9 Å². The number of anilines is 1. The fraction of sp³-hybridized carbons (Fsp3) is 0.429. The lowest BCUT2D eigenvalue weighted by Crippen LogP contribution is -2.39. The summed E-state index contributed by atoms with van der Waals surface area (Å²) in [5, 5.41) is 23.9. The van der Waals surface area contributed by atoms with Crippen molar-refractivity contribution >= 4 is 22.4 Å². The van der Waals surface area contributed by atoms with Gasteiger partial charge in [0.25, 0.3) is 5.56 Å². The third-order valence-corrected chi connectivity index (χ3v) is 6.77. The zero-order valence-corrected chi connectivity index (χ0v) is 21.9. The highest BCUT2D eigenvalue weighted by atomic mass is 16.6. The average molecular weight is 498 g/mol. The molecule has 0 aromatic carbocycles. The monoisotopic (exact) mass is 497 g/mol. The molecule has 9 heteroatoms. The van der Waals surface area contributed by atoms with Gasteiger partial charge in [-0.1, -0.05) is 11.2 Å². The number of nitrogens with zero attached hydrogens (tertiary/aromatic N) is 7. The number of aromatic nitrogens is 3. The van der Waals surface area contributed by atoms with Gasteiger partial charge in [-0.2, -0.15) is 10.5 Å². The lowest BCUT2D eigenvalue weighted by Gasteiger charge is -2.37. The number of fused-ring (bicyclic) bond motifs is 1. The lowest BCUT2D eigenvalue weighted by atomic mass is 9.81. The second-order valence-electron chi connectivity index (χ2n) is 10.4. The first-order valence-corrected chi connectivity index (χ1v) is 12.4. The summed E-state index contributed by atoms with van der Waals surface area (Å²) in [7, 11) is 3.52. The van der Waals surface area contributed by atoms with E-state index in [0.717, 1.165) is 37.1 Å². The van der Waals surface area contributed by atoms with Gasteiger partial charge in [0, 0.05) is 32.3 Å². The quantitative estimate of drug-likeness (QED) is 0.381. The Labute approximate surface area is 216 Å². The van der Waals surface area contributed by atoms with Crippen LogP contribution >= 0.6 is 0 Å². The number of nitriles is 2. The van der Waals surface area contributed by atoms with Gasteiger partial charge in [-0.3, -0.25) is 9.78 Å². The molecule has 0 amide bonds. The van der Waals surface area contributed by atoms with E-state index in [4.69, 9.17) is 4.84 Å². The van der Waals surface area contributed by atoms with Crippen LogP contribution in [0.25, 0.3) is 11.0 Å². The maximum Gasteiger partial charge on any atom is 0.270 e. The van der Waals surface area contributed by atoms with Crippen LogP contribution in [0, 0.1) is 28.6 Å². The van der Waals surface area contributed by atoms with Crippen molar-refractivity contribution in [2.45, 2.75) is 58.1 Å². The highest BCUT2D eigenvalue weighted by molar-refractivity contribution is 6.00. The fourth-order valence-corrected chi connectivity index (χ4v) is 4.85. The molecule has 3 aromatic rings. The molecule has 0 spiro atoms. The molecule has 0 aliphatic heterocycles. The third kappa shape index (κ3) is 5.31. The van der Waals surface area contributed by atoms with E-state index in [0.29, 0.717) is 16.7 Å². The molecule has 1 aliphatic carbocycles. The molecule has 190 valence electrons. The van der Waals surface area contributed by atoms with Crippen LogP contribution in [0.1, 0.15) is 63.4 Å². The third-order valence-electron chi connectivity index (χ3n) is 6.77. The van der Waals surface area contributed by atoms with Crippen LogP contribution in [0.2, 0.25) is 0 Å². The Morgan fingerprint density at radius 3 is 2.46 bits per heavy atom. The minimum Gasteiger partial charge on any atom is -0.390 e. The van der Waals surface area contributed by atoms with Gasteiger partial charge in [-0.15, -0.1) is 0 Å². The lowest BCUT2D eigenvalue weighted by molar-refractivity contribution is -0.0000712. The topological polar surface area (TPSA) is 120 Å². The number of pyridine rings is 3. The Morgan fingerprint density at radius 1 is 1.14 bits per heavy atom.